The van der Waals surface area contributed by atoms with E-state index in [4.69, 9.17) is 0 Å². The Morgan fingerprint density at radius 2 is 1.83 bits per heavy atom. The predicted octanol–water partition coefficient (Wildman–Crippen LogP) is 2.47. The van der Waals surface area contributed by atoms with E-state index in [2.05, 4.69) is 15.3 Å². The lowest BCUT2D eigenvalue weighted by atomic mass is 10.0. The van der Waals surface area contributed by atoms with E-state index in [-0.39, 0.29) is 18.0 Å². The molecular weight excluding hydrogens is 290 g/mol. The molecule has 116 valence electrons. The number of hydrogen-bond donors (Lipinski definition) is 2. The molecule has 0 unspecified atom stereocenters. The summed E-state index contributed by atoms with van der Waals surface area (Å²) in [6, 6.07) is 9.09. The molecule has 23 heavy (non-hydrogen) atoms. The Hall–Kier alpha value is -2.95. The van der Waals surface area contributed by atoms with Crippen LogP contribution in [0.15, 0.2) is 47.5 Å². The minimum Gasteiger partial charge on any atom is -0.348 e. The highest BCUT2D eigenvalue weighted by Crippen LogP contribution is 2.17. The molecule has 1 aromatic carbocycles. The fourth-order valence-corrected chi connectivity index (χ4v) is 2.43. The maximum absolute atomic E-state index is 12.2. The van der Waals surface area contributed by atoms with Gasteiger partial charge < -0.3 is 10.3 Å². The molecule has 2 heterocycles. The molecule has 2 aromatic heterocycles. The number of aromatic nitrogens is 2. The molecule has 0 saturated carbocycles. The van der Waals surface area contributed by atoms with E-state index in [0.29, 0.717) is 11.1 Å². The number of aromatic amines is 1. The van der Waals surface area contributed by atoms with Crippen molar-refractivity contribution < 1.29 is 4.79 Å². The van der Waals surface area contributed by atoms with E-state index in [9.17, 15) is 9.59 Å². The van der Waals surface area contributed by atoms with Crippen molar-refractivity contribution in [2.45, 2.75) is 20.4 Å². The van der Waals surface area contributed by atoms with Crippen molar-refractivity contribution in [2.75, 3.05) is 0 Å². The van der Waals surface area contributed by atoms with E-state index >= 15 is 0 Å². The lowest BCUT2D eigenvalue weighted by molar-refractivity contribution is 0.0950. The number of hydrogen-bond acceptors (Lipinski definition) is 3. The second-order valence-corrected chi connectivity index (χ2v) is 5.57. The quantitative estimate of drug-likeness (QED) is 0.780. The van der Waals surface area contributed by atoms with Gasteiger partial charge in [-0.15, -0.1) is 0 Å². The van der Waals surface area contributed by atoms with E-state index in [1.807, 2.05) is 32.0 Å². The van der Waals surface area contributed by atoms with Crippen LogP contribution >= 0.6 is 0 Å². The number of nitrogens with one attached hydrogen (secondary N) is 2. The van der Waals surface area contributed by atoms with E-state index < -0.39 is 0 Å². The number of amides is 1. The molecule has 3 aromatic rings. The molecule has 0 aliphatic heterocycles. The predicted molar refractivity (Wildman–Crippen MR) is 89.4 cm³/mol. The summed E-state index contributed by atoms with van der Waals surface area (Å²) in [6.07, 6.45) is 3.12. The smallest absolute Gasteiger partial charge is 0.253 e. The van der Waals surface area contributed by atoms with Gasteiger partial charge in [0, 0.05) is 35.6 Å². The average Bonchev–Trinajstić information content (AvgIpc) is 2.55. The number of fused-ring (bicyclic) bond motifs is 1. The van der Waals surface area contributed by atoms with Crippen LogP contribution in [0.1, 0.15) is 27.0 Å². The number of H-pyrrole nitrogens is 1. The summed E-state index contributed by atoms with van der Waals surface area (Å²) >= 11 is 0. The average molecular weight is 307 g/mol. The highest BCUT2D eigenvalue weighted by molar-refractivity contribution is 5.94. The van der Waals surface area contributed by atoms with Crippen molar-refractivity contribution in [2.24, 2.45) is 0 Å². The second-order valence-electron chi connectivity index (χ2n) is 5.57. The first-order chi connectivity index (χ1) is 11.0. The van der Waals surface area contributed by atoms with Crippen molar-refractivity contribution in [1.29, 1.82) is 0 Å². The van der Waals surface area contributed by atoms with Gasteiger partial charge in [-0.25, -0.2) is 0 Å². The lowest BCUT2D eigenvalue weighted by Gasteiger charge is -2.08. The number of aryl methyl sites for hydroxylation is 2. The number of pyridine rings is 2. The van der Waals surface area contributed by atoms with Crippen molar-refractivity contribution in [1.82, 2.24) is 15.3 Å². The Bertz CT molecular complexity index is 930. The van der Waals surface area contributed by atoms with Crippen LogP contribution in [0.3, 0.4) is 0 Å². The van der Waals surface area contributed by atoms with Gasteiger partial charge in [0.25, 0.3) is 11.5 Å². The summed E-state index contributed by atoms with van der Waals surface area (Å²) in [5.41, 5.74) is 3.97. The molecule has 0 fully saturated rings. The van der Waals surface area contributed by atoms with Crippen molar-refractivity contribution in [3.63, 3.8) is 0 Å². The highest BCUT2D eigenvalue weighted by atomic mass is 16.1. The molecule has 0 radical (unpaired) electrons. The van der Waals surface area contributed by atoms with Crippen LogP contribution in [0, 0.1) is 13.8 Å². The maximum Gasteiger partial charge on any atom is 0.253 e. The van der Waals surface area contributed by atoms with Gasteiger partial charge in [0.2, 0.25) is 0 Å². The number of carbonyl (C=O) groups is 1. The van der Waals surface area contributed by atoms with E-state index in [1.54, 1.807) is 24.5 Å². The Kier molecular flexibility index (Phi) is 3.93. The summed E-state index contributed by atoms with van der Waals surface area (Å²) in [5.74, 6) is -0.230. The monoisotopic (exact) mass is 307 g/mol. The van der Waals surface area contributed by atoms with Gasteiger partial charge >= 0.3 is 0 Å². The molecule has 0 atom stereocenters. The van der Waals surface area contributed by atoms with Crippen molar-refractivity contribution in [3.05, 3.63) is 75.3 Å². The first-order valence-corrected chi connectivity index (χ1v) is 7.36. The Balaban J connectivity index is 1.86. The van der Waals surface area contributed by atoms with Crippen LogP contribution in [-0.2, 0) is 6.54 Å². The molecule has 5 heteroatoms. The fraction of sp³-hybridized carbons (Fsp3) is 0.167. The third-order valence-electron chi connectivity index (χ3n) is 3.92. The molecule has 0 spiro atoms. The normalized spacial score (nSPS) is 10.7. The molecule has 0 bridgehead atoms. The Morgan fingerprint density at radius 1 is 1.13 bits per heavy atom. The van der Waals surface area contributed by atoms with Gasteiger partial charge in [0.15, 0.2) is 0 Å². The summed E-state index contributed by atoms with van der Waals surface area (Å²) in [6.45, 7) is 4.22. The van der Waals surface area contributed by atoms with Crippen molar-refractivity contribution in [3.8, 4) is 0 Å². The summed E-state index contributed by atoms with van der Waals surface area (Å²) in [4.78, 5) is 30.9. The van der Waals surface area contributed by atoms with E-state index in [0.717, 1.165) is 22.0 Å². The summed E-state index contributed by atoms with van der Waals surface area (Å²) in [5, 5.41) is 3.72. The zero-order chi connectivity index (χ0) is 16.4. The van der Waals surface area contributed by atoms with Gasteiger partial charge in [-0.1, -0.05) is 0 Å². The van der Waals surface area contributed by atoms with Crippen LogP contribution in [0.2, 0.25) is 0 Å². The van der Waals surface area contributed by atoms with Gasteiger partial charge in [-0.05, 0) is 60.7 Å². The van der Waals surface area contributed by atoms with Gasteiger partial charge in [-0.2, -0.15) is 0 Å². The number of benzene rings is 1. The number of rotatable bonds is 3. The Morgan fingerprint density at radius 3 is 2.57 bits per heavy atom. The molecule has 0 aliphatic rings. The van der Waals surface area contributed by atoms with Gasteiger partial charge in [0.05, 0.1) is 0 Å². The Labute approximate surface area is 133 Å². The van der Waals surface area contributed by atoms with Crippen LogP contribution < -0.4 is 10.9 Å². The number of nitrogens with zero attached hydrogens (tertiary/aromatic N) is 1. The standard InChI is InChI=1S/C18H17N3O2/c1-11-7-14-9-15(18(23)21-16(14)8-12(11)2)10-20-17(22)13-3-5-19-6-4-13/h3-9H,10H2,1-2H3,(H,20,22)(H,21,23). The zero-order valence-electron chi connectivity index (χ0n) is 13.0. The van der Waals surface area contributed by atoms with Gasteiger partial charge in [-0.3, -0.25) is 14.6 Å². The van der Waals surface area contributed by atoms with Crippen LogP contribution in [0.25, 0.3) is 10.9 Å². The maximum atomic E-state index is 12.2. The van der Waals surface area contributed by atoms with Crippen LogP contribution in [0.5, 0.6) is 0 Å². The molecule has 5 nitrogen and oxygen atoms in total. The van der Waals surface area contributed by atoms with Crippen LogP contribution in [-0.4, -0.2) is 15.9 Å². The molecule has 3 rings (SSSR count). The third kappa shape index (κ3) is 3.13. The molecular formula is C18H17N3O2. The first-order valence-electron chi connectivity index (χ1n) is 7.36. The SMILES string of the molecule is Cc1cc2cc(CNC(=O)c3ccncc3)c(=O)[nH]c2cc1C. The molecule has 0 aliphatic carbocycles. The minimum atomic E-state index is -0.230. The minimum absolute atomic E-state index is 0.180. The molecule has 0 saturated heterocycles. The number of carbonyl (C=O) groups excluding carboxylic acids is 1. The lowest BCUT2D eigenvalue weighted by Crippen LogP contribution is -2.26. The largest absolute Gasteiger partial charge is 0.348 e. The summed E-state index contributed by atoms with van der Waals surface area (Å²) < 4.78 is 0. The van der Waals surface area contributed by atoms with Crippen molar-refractivity contribution >= 4 is 16.8 Å². The van der Waals surface area contributed by atoms with Gasteiger partial charge in [0.1, 0.15) is 0 Å². The van der Waals surface area contributed by atoms with E-state index in [1.165, 1.54) is 0 Å². The first kappa shape index (κ1) is 15.0. The van der Waals surface area contributed by atoms with Crippen LogP contribution in [0.4, 0.5) is 0 Å². The topological polar surface area (TPSA) is 74.8 Å². The third-order valence-corrected chi connectivity index (χ3v) is 3.92. The molecule has 2 N–H and O–H groups in total. The fourth-order valence-electron chi connectivity index (χ4n) is 2.43. The zero-order valence-corrected chi connectivity index (χ0v) is 13.0. The highest BCUT2D eigenvalue weighted by Gasteiger charge is 2.08. The second kappa shape index (κ2) is 6.04. The summed E-state index contributed by atoms with van der Waals surface area (Å²) in [7, 11) is 0. The molecule has 1 amide bonds.